The zero-order chi connectivity index (χ0) is 14.1. The number of hydrogen-bond acceptors (Lipinski definition) is 3. The van der Waals surface area contributed by atoms with Crippen LogP contribution in [-0.4, -0.2) is 28.8 Å². The number of carbonyl (C=O) groups excluding carboxylic acids is 1. The second-order valence-corrected chi connectivity index (χ2v) is 4.48. The summed E-state index contributed by atoms with van der Waals surface area (Å²) in [7, 11) is 0. The van der Waals surface area contributed by atoms with Gasteiger partial charge in [0.25, 0.3) is 0 Å². The smallest absolute Gasteiger partial charge is 0.315 e. The molecule has 2 unspecified atom stereocenters. The van der Waals surface area contributed by atoms with Gasteiger partial charge in [-0.25, -0.2) is 4.79 Å². The lowest BCUT2D eigenvalue weighted by atomic mass is 10.1. The molecule has 0 aromatic carbocycles. The number of amides is 2. The van der Waals surface area contributed by atoms with Gasteiger partial charge in [-0.05, 0) is 37.0 Å². The average Bonchev–Trinajstić information content (AvgIpc) is 2.45. The third kappa shape index (κ3) is 5.26. The van der Waals surface area contributed by atoms with E-state index < -0.39 is 0 Å². The minimum atomic E-state index is -0.191. The second-order valence-electron chi connectivity index (χ2n) is 4.48. The van der Waals surface area contributed by atoms with Gasteiger partial charge in [0.2, 0.25) is 0 Å². The van der Waals surface area contributed by atoms with Gasteiger partial charge in [-0.2, -0.15) is 0 Å². The Morgan fingerprint density at radius 2 is 1.95 bits per heavy atom. The van der Waals surface area contributed by atoms with E-state index in [-0.39, 0.29) is 24.7 Å². The minimum Gasteiger partial charge on any atom is -0.396 e. The number of hydrogen-bond donors (Lipinski definition) is 3. The van der Waals surface area contributed by atoms with Crippen molar-refractivity contribution in [3.05, 3.63) is 30.1 Å². The van der Waals surface area contributed by atoms with Crippen molar-refractivity contribution in [2.75, 3.05) is 6.61 Å². The van der Waals surface area contributed by atoms with Crippen LogP contribution in [0.1, 0.15) is 44.7 Å². The van der Waals surface area contributed by atoms with Gasteiger partial charge in [0.1, 0.15) is 0 Å². The number of carbonyl (C=O) groups is 1. The first-order valence-electron chi connectivity index (χ1n) is 6.79. The van der Waals surface area contributed by atoms with E-state index in [2.05, 4.69) is 15.6 Å². The number of rotatable bonds is 7. The number of nitrogens with zero attached hydrogens (tertiary/aromatic N) is 1. The molecule has 5 nitrogen and oxygen atoms in total. The van der Waals surface area contributed by atoms with Crippen LogP contribution < -0.4 is 10.6 Å². The first-order chi connectivity index (χ1) is 9.21. The van der Waals surface area contributed by atoms with Crippen LogP contribution in [0.4, 0.5) is 4.79 Å². The summed E-state index contributed by atoms with van der Waals surface area (Å²) < 4.78 is 0. The lowest BCUT2D eigenvalue weighted by Crippen LogP contribution is -2.43. The van der Waals surface area contributed by atoms with Crippen molar-refractivity contribution < 1.29 is 9.90 Å². The largest absolute Gasteiger partial charge is 0.396 e. The first kappa shape index (κ1) is 15.4. The SMILES string of the molecule is CCC(CCO)NC(=O)NC(CC)c1ccncc1. The van der Waals surface area contributed by atoms with Crippen LogP contribution in [-0.2, 0) is 0 Å². The van der Waals surface area contributed by atoms with Gasteiger partial charge in [-0.15, -0.1) is 0 Å². The summed E-state index contributed by atoms with van der Waals surface area (Å²) in [6.45, 7) is 4.09. The third-order valence-electron chi connectivity index (χ3n) is 3.13. The topological polar surface area (TPSA) is 74.2 Å². The Labute approximate surface area is 114 Å². The molecule has 0 saturated carbocycles. The molecule has 0 spiro atoms. The van der Waals surface area contributed by atoms with Gasteiger partial charge >= 0.3 is 6.03 Å². The molecule has 1 rings (SSSR count). The molecular formula is C14H23N3O2. The predicted octanol–water partition coefficient (Wildman–Crippen LogP) is 1.99. The summed E-state index contributed by atoms with van der Waals surface area (Å²) in [6.07, 6.45) is 5.64. The molecule has 3 N–H and O–H groups in total. The zero-order valence-electron chi connectivity index (χ0n) is 11.6. The second kappa shape index (κ2) is 8.48. The maximum Gasteiger partial charge on any atom is 0.315 e. The predicted molar refractivity (Wildman–Crippen MR) is 74.7 cm³/mol. The van der Waals surface area contributed by atoms with E-state index in [1.807, 2.05) is 26.0 Å². The van der Waals surface area contributed by atoms with Crippen LogP contribution in [0, 0.1) is 0 Å². The van der Waals surface area contributed by atoms with Gasteiger partial charge < -0.3 is 15.7 Å². The molecule has 0 saturated heterocycles. The van der Waals surface area contributed by atoms with Crippen LogP contribution in [0.2, 0.25) is 0 Å². The van der Waals surface area contributed by atoms with Crippen molar-refractivity contribution in [1.82, 2.24) is 15.6 Å². The van der Waals surface area contributed by atoms with Crippen LogP contribution in [0.3, 0.4) is 0 Å². The minimum absolute atomic E-state index is 0.0138. The van der Waals surface area contributed by atoms with Crippen LogP contribution in [0.25, 0.3) is 0 Å². The van der Waals surface area contributed by atoms with Crippen molar-refractivity contribution >= 4 is 6.03 Å². The van der Waals surface area contributed by atoms with Crippen molar-refractivity contribution in [2.45, 2.75) is 45.2 Å². The summed E-state index contributed by atoms with van der Waals surface area (Å²) in [5.74, 6) is 0. The summed E-state index contributed by atoms with van der Waals surface area (Å²) in [6, 6.07) is 3.61. The Hall–Kier alpha value is -1.62. The Bertz CT molecular complexity index is 370. The standard InChI is InChI=1S/C14H23N3O2/c1-3-12(7-10-18)16-14(19)17-13(4-2)11-5-8-15-9-6-11/h5-6,8-9,12-13,18H,3-4,7,10H2,1-2H3,(H2,16,17,19). The molecule has 0 fully saturated rings. The number of aromatic nitrogens is 1. The van der Waals surface area contributed by atoms with Gasteiger partial charge in [0.15, 0.2) is 0 Å². The molecular weight excluding hydrogens is 242 g/mol. The molecule has 0 aliphatic carbocycles. The lowest BCUT2D eigenvalue weighted by molar-refractivity contribution is 0.224. The van der Waals surface area contributed by atoms with E-state index in [0.29, 0.717) is 6.42 Å². The third-order valence-corrected chi connectivity index (χ3v) is 3.13. The monoisotopic (exact) mass is 265 g/mol. The Morgan fingerprint density at radius 1 is 1.26 bits per heavy atom. The number of aliphatic hydroxyl groups is 1. The van der Waals surface area contributed by atoms with Crippen LogP contribution >= 0.6 is 0 Å². The molecule has 0 aliphatic rings. The van der Waals surface area contributed by atoms with Crippen molar-refractivity contribution in [1.29, 1.82) is 0 Å². The molecule has 1 aromatic heterocycles. The van der Waals surface area contributed by atoms with E-state index in [1.54, 1.807) is 12.4 Å². The molecule has 2 amide bonds. The normalized spacial score (nSPS) is 13.6. The van der Waals surface area contributed by atoms with E-state index in [1.165, 1.54) is 0 Å². The highest BCUT2D eigenvalue weighted by molar-refractivity contribution is 5.74. The van der Waals surface area contributed by atoms with Crippen molar-refractivity contribution in [3.63, 3.8) is 0 Å². The summed E-state index contributed by atoms with van der Waals surface area (Å²) >= 11 is 0. The molecule has 0 radical (unpaired) electrons. The fourth-order valence-electron chi connectivity index (χ4n) is 1.94. The highest BCUT2D eigenvalue weighted by atomic mass is 16.3. The van der Waals surface area contributed by atoms with E-state index in [9.17, 15) is 4.79 Å². The maximum atomic E-state index is 11.9. The van der Waals surface area contributed by atoms with Crippen LogP contribution in [0.15, 0.2) is 24.5 Å². The van der Waals surface area contributed by atoms with E-state index in [4.69, 9.17) is 5.11 Å². The van der Waals surface area contributed by atoms with Gasteiger partial charge in [-0.1, -0.05) is 13.8 Å². The van der Waals surface area contributed by atoms with Crippen molar-refractivity contribution in [2.24, 2.45) is 0 Å². The zero-order valence-corrected chi connectivity index (χ0v) is 11.6. The van der Waals surface area contributed by atoms with Crippen molar-refractivity contribution in [3.8, 4) is 0 Å². The average molecular weight is 265 g/mol. The van der Waals surface area contributed by atoms with E-state index in [0.717, 1.165) is 18.4 Å². The number of nitrogens with one attached hydrogen (secondary N) is 2. The highest BCUT2D eigenvalue weighted by Gasteiger charge is 2.14. The fraction of sp³-hybridized carbons (Fsp3) is 0.571. The van der Waals surface area contributed by atoms with Gasteiger partial charge in [-0.3, -0.25) is 4.98 Å². The van der Waals surface area contributed by atoms with E-state index >= 15 is 0 Å². The summed E-state index contributed by atoms with van der Waals surface area (Å²) in [4.78, 5) is 15.9. The maximum absolute atomic E-state index is 11.9. The molecule has 2 atom stereocenters. The molecule has 0 aliphatic heterocycles. The molecule has 106 valence electrons. The fourth-order valence-corrected chi connectivity index (χ4v) is 1.94. The number of pyridine rings is 1. The summed E-state index contributed by atoms with van der Waals surface area (Å²) in [5.41, 5.74) is 1.04. The number of urea groups is 1. The number of aliphatic hydroxyl groups excluding tert-OH is 1. The van der Waals surface area contributed by atoms with Gasteiger partial charge in [0, 0.05) is 25.0 Å². The Kier molecular flexibility index (Phi) is 6.89. The lowest BCUT2D eigenvalue weighted by Gasteiger charge is -2.21. The molecule has 1 aromatic rings. The molecule has 0 bridgehead atoms. The summed E-state index contributed by atoms with van der Waals surface area (Å²) in [5, 5.41) is 14.7. The Balaban J connectivity index is 2.54. The van der Waals surface area contributed by atoms with Crippen LogP contribution in [0.5, 0.6) is 0 Å². The molecule has 1 heterocycles. The molecule has 19 heavy (non-hydrogen) atoms. The molecule has 5 heteroatoms. The quantitative estimate of drug-likeness (QED) is 0.706. The highest BCUT2D eigenvalue weighted by Crippen LogP contribution is 2.14. The van der Waals surface area contributed by atoms with Gasteiger partial charge in [0.05, 0.1) is 6.04 Å². The first-order valence-corrected chi connectivity index (χ1v) is 6.79. The Morgan fingerprint density at radius 3 is 2.47 bits per heavy atom.